The van der Waals surface area contributed by atoms with Crippen LogP contribution in [0.25, 0.3) is 0 Å². The highest BCUT2D eigenvalue weighted by molar-refractivity contribution is 5.94. The summed E-state index contributed by atoms with van der Waals surface area (Å²) >= 11 is 0. The predicted octanol–water partition coefficient (Wildman–Crippen LogP) is 4.03. The molecule has 30 heavy (non-hydrogen) atoms. The number of hydrogen-bond donors (Lipinski definition) is 0. The predicted molar refractivity (Wildman–Crippen MR) is 114 cm³/mol. The molecule has 1 aromatic heterocycles. The molecule has 2 atom stereocenters. The third kappa shape index (κ3) is 3.35. The van der Waals surface area contributed by atoms with Gasteiger partial charge in [0.1, 0.15) is 0 Å². The van der Waals surface area contributed by atoms with E-state index in [0.717, 1.165) is 6.42 Å². The van der Waals surface area contributed by atoms with Gasteiger partial charge < -0.3 is 9.47 Å². The van der Waals surface area contributed by atoms with E-state index in [9.17, 15) is 9.59 Å². The summed E-state index contributed by atoms with van der Waals surface area (Å²) in [6.07, 6.45) is 7.30. The molecule has 1 amide bonds. The van der Waals surface area contributed by atoms with Crippen LogP contribution in [0.5, 0.6) is 0 Å². The quantitative estimate of drug-likeness (QED) is 0.763. The van der Waals surface area contributed by atoms with Crippen molar-refractivity contribution in [1.29, 1.82) is 5.26 Å². The summed E-state index contributed by atoms with van der Waals surface area (Å²) in [6, 6.07) is 12.8. The lowest BCUT2D eigenvalue weighted by atomic mass is 9.76. The van der Waals surface area contributed by atoms with E-state index in [1.807, 2.05) is 9.47 Å². The minimum absolute atomic E-state index is 0.0279. The average molecular weight is 402 g/mol. The molecule has 2 aliphatic heterocycles. The van der Waals surface area contributed by atoms with E-state index < -0.39 is 0 Å². The Hall–Kier alpha value is -2.87. The second kappa shape index (κ2) is 7.75. The van der Waals surface area contributed by atoms with Crippen molar-refractivity contribution < 1.29 is 4.79 Å². The maximum Gasteiger partial charge on any atom is 0.253 e. The second-order valence-corrected chi connectivity index (χ2v) is 9.16. The number of nitriles is 1. The number of pyridine rings is 1. The van der Waals surface area contributed by atoms with Crippen molar-refractivity contribution in [2.24, 2.45) is 5.92 Å². The highest BCUT2D eigenvalue weighted by Crippen LogP contribution is 2.42. The minimum atomic E-state index is 0.0279. The fourth-order valence-electron chi connectivity index (χ4n) is 5.84. The molecule has 0 radical (unpaired) electrons. The highest BCUT2D eigenvalue weighted by Gasteiger charge is 2.38. The van der Waals surface area contributed by atoms with Crippen molar-refractivity contribution >= 4 is 5.91 Å². The number of nitrogens with zero attached hydrogens (tertiary/aromatic N) is 3. The Balaban J connectivity index is 1.46. The lowest BCUT2D eigenvalue weighted by Crippen LogP contribution is -2.49. The smallest absolute Gasteiger partial charge is 0.253 e. The number of aromatic nitrogens is 1. The van der Waals surface area contributed by atoms with Gasteiger partial charge in [-0.1, -0.05) is 25.3 Å². The SMILES string of the molecule is N#Cc1ccc(C(=O)N2C[C@H]3C[C@H](C2)c2c(C4CCCCC4)ccc(=O)n2C3)cc1. The van der Waals surface area contributed by atoms with Crippen LogP contribution in [-0.2, 0) is 6.54 Å². The zero-order chi connectivity index (χ0) is 20.7. The highest BCUT2D eigenvalue weighted by atomic mass is 16.2. The summed E-state index contributed by atoms with van der Waals surface area (Å²) in [5.74, 6) is 1.12. The van der Waals surface area contributed by atoms with Gasteiger partial charge in [0.15, 0.2) is 0 Å². The molecule has 1 aromatic carbocycles. The molecule has 154 valence electrons. The van der Waals surface area contributed by atoms with E-state index in [2.05, 4.69) is 12.1 Å². The summed E-state index contributed by atoms with van der Waals surface area (Å²) in [4.78, 5) is 27.8. The summed E-state index contributed by atoms with van der Waals surface area (Å²) in [5, 5.41) is 9.00. The first-order chi connectivity index (χ1) is 14.6. The first kappa shape index (κ1) is 19.1. The van der Waals surface area contributed by atoms with Gasteiger partial charge in [-0.15, -0.1) is 0 Å². The molecule has 2 bridgehead atoms. The van der Waals surface area contributed by atoms with E-state index >= 15 is 0 Å². The van der Waals surface area contributed by atoms with Crippen molar-refractivity contribution in [2.45, 2.75) is 56.9 Å². The molecule has 0 N–H and O–H groups in total. The van der Waals surface area contributed by atoms with Crippen LogP contribution in [0.3, 0.4) is 0 Å². The molecule has 1 saturated carbocycles. The molecule has 0 unspecified atom stereocenters. The van der Waals surface area contributed by atoms with E-state index in [0.29, 0.717) is 42.6 Å². The van der Waals surface area contributed by atoms with Crippen LogP contribution in [0.1, 0.15) is 77.5 Å². The monoisotopic (exact) mass is 401 g/mol. The number of piperidine rings is 1. The van der Waals surface area contributed by atoms with Crippen molar-refractivity contribution in [2.75, 3.05) is 13.1 Å². The normalized spacial score (nSPS) is 23.5. The van der Waals surface area contributed by atoms with Crippen LogP contribution >= 0.6 is 0 Å². The van der Waals surface area contributed by atoms with Gasteiger partial charge in [0.05, 0.1) is 11.6 Å². The topological polar surface area (TPSA) is 66.1 Å². The molecule has 2 aromatic rings. The lowest BCUT2D eigenvalue weighted by molar-refractivity contribution is 0.0592. The van der Waals surface area contributed by atoms with Gasteiger partial charge in [-0.25, -0.2) is 0 Å². The Morgan fingerprint density at radius 1 is 0.933 bits per heavy atom. The number of likely N-dealkylation sites (tertiary alicyclic amines) is 1. The second-order valence-electron chi connectivity index (χ2n) is 9.16. The van der Waals surface area contributed by atoms with Crippen LogP contribution < -0.4 is 5.56 Å². The molecule has 0 spiro atoms. The standard InChI is InChI=1S/C25H27N3O2/c26-13-17-6-8-20(9-7-17)25(30)27-14-18-12-21(16-27)24-22(19-4-2-1-3-5-19)10-11-23(29)28(24)15-18/h6-11,18-19,21H,1-5,12,14-16H2/t18-,21-/m1/s1. The molecular formula is C25H27N3O2. The van der Waals surface area contributed by atoms with Crippen LogP contribution in [0.4, 0.5) is 0 Å². The van der Waals surface area contributed by atoms with Crippen LogP contribution in [-0.4, -0.2) is 28.5 Å². The van der Waals surface area contributed by atoms with Crippen molar-refractivity contribution in [3.63, 3.8) is 0 Å². The largest absolute Gasteiger partial charge is 0.338 e. The van der Waals surface area contributed by atoms with Gasteiger partial charge in [0.2, 0.25) is 0 Å². The molecule has 1 aliphatic carbocycles. The zero-order valence-corrected chi connectivity index (χ0v) is 17.2. The lowest BCUT2D eigenvalue weighted by Gasteiger charge is -2.44. The van der Waals surface area contributed by atoms with Gasteiger partial charge in [-0.2, -0.15) is 5.26 Å². The Morgan fingerprint density at radius 2 is 1.70 bits per heavy atom. The summed E-state index contributed by atoms with van der Waals surface area (Å²) in [5.41, 5.74) is 3.85. The van der Waals surface area contributed by atoms with E-state index in [1.165, 1.54) is 43.4 Å². The fraction of sp³-hybridized carbons (Fsp3) is 0.480. The van der Waals surface area contributed by atoms with Crippen molar-refractivity contribution in [1.82, 2.24) is 9.47 Å². The maximum absolute atomic E-state index is 13.2. The van der Waals surface area contributed by atoms with Crippen LogP contribution in [0.2, 0.25) is 0 Å². The zero-order valence-electron chi connectivity index (χ0n) is 17.2. The molecule has 5 nitrogen and oxygen atoms in total. The first-order valence-electron chi connectivity index (χ1n) is 11.2. The van der Waals surface area contributed by atoms with Crippen molar-refractivity contribution in [3.05, 3.63) is 69.1 Å². The number of amides is 1. The Kier molecular flexibility index (Phi) is 4.94. The van der Waals surface area contributed by atoms with E-state index in [1.54, 1.807) is 30.3 Å². The van der Waals surface area contributed by atoms with E-state index in [4.69, 9.17) is 5.26 Å². The van der Waals surface area contributed by atoms with Gasteiger partial charge in [0, 0.05) is 42.9 Å². The molecule has 5 heteroatoms. The number of rotatable bonds is 2. The molecule has 2 fully saturated rings. The fourth-order valence-corrected chi connectivity index (χ4v) is 5.84. The van der Waals surface area contributed by atoms with Crippen molar-refractivity contribution in [3.8, 4) is 6.07 Å². The number of fused-ring (bicyclic) bond motifs is 4. The summed E-state index contributed by atoms with van der Waals surface area (Å²) in [6.45, 7) is 2.07. The Bertz CT molecular complexity index is 1060. The molecule has 3 heterocycles. The molecule has 1 saturated heterocycles. The number of hydrogen-bond acceptors (Lipinski definition) is 3. The first-order valence-corrected chi connectivity index (χ1v) is 11.2. The average Bonchev–Trinajstić information content (AvgIpc) is 2.80. The molecule has 5 rings (SSSR count). The maximum atomic E-state index is 13.2. The Morgan fingerprint density at radius 3 is 2.43 bits per heavy atom. The van der Waals surface area contributed by atoms with Gasteiger partial charge >= 0.3 is 0 Å². The van der Waals surface area contributed by atoms with Gasteiger partial charge in [0.25, 0.3) is 11.5 Å². The van der Waals surface area contributed by atoms with E-state index in [-0.39, 0.29) is 17.4 Å². The number of benzene rings is 1. The van der Waals surface area contributed by atoms with Gasteiger partial charge in [-0.3, -0.25) is 9.59 Å². The summed E-state index contributed by atoms with van der Waals surface area (Å²) < 4.78 is 2.02. The van der Waals surface area contributed by atoms with Crippen LogP contribution in [0, 0.1) is 17.2 Å². The third-order valence-corrected chi connectivity index (χ3v) is 7.22. The molecule has 3 aliphatic rings. The van der Waals surface area contributed by atoms with Gasteiger partial charge in [-0.05, 0) is 60.9 Å². The number of carbonyl (C=O) groups excluding carboxylic acids is 1. The minimum Gasteiger partial charge on any atom is -0.338 e. The summed E-state index contributed by atoms with van der Waals surface area (Å²) in [7, 11) is 0. The number of carbonyl (C=O) groups is 1. The van der Waals surface area contributed by atoms with Crippen LogP contribution in [0.15, 0.2) is 41.2 Å². The Labute approximate surface area is 176 Å². The molecular weight excluding hydrogens is 374 g/mol. The third-order valence-electron chi connectivity index (χ3n) is 7.22.